The van der Waals surface area contributed by atoms with Gasteiger partial charge in [0.05, 0.1) is 0 Å². The SMILES string of the molecule is CC(C)C1CNC(C)(C)CN1CC1CCCC1. The molecule has 0 spiro atoms. The minimum absolute atomic E-state index is 0.296. The molecule has 1 aliphatic heterocycles. The van der Waals surface area contributed by atoms with Gasteiger partial charge in [-0.25, -0.2) is 0 Å². The van der Waals surface area contributed by atoms with Gasteiger partial charge in [0.25, 0.3) is 0 Å². The van der Waals surface area contributed by atoms with Gasteiger partial charge in [-0.05, 0) is 38.5 Å². The predicted octanol–water partition coefficient (Wildman–Crippen LogP) is 2.89. The van der Waals surface area contributed by atoms with E-state index in [-0.39, 0.29) is 0 Å². The maximum Gasteiger partial charge on any atom is 0.0252 e. The van der Waals surface area contributed by atoms with Gasteiger partial charge in [-0.3, -0.25) is 4.90 Å². The van der Waals surface area contributed by atoms with Crippen LogP contribution in [0, 0.1) is 11.8 Å². The number of piperazine rings is 1. The molecule has 2 rings (SSSR count). The van der Waals surface area contributed by atoms with Crippen molar-refractivity contribution in [3.8, 4) is 0 Å². The molecular weight excluding hydrogens is 208 g/mol. The summed E-state index contributed by atoms with van der Waals surface area (Å²) in [7, 11) is 0. The van der Waals surface area contributed by atoms with Gasteiger partial charge >= 0.3 is 0 Å². The first-order chi connectivity index (χ1) is 7.98. The van der Waals surface area contributed by atoms with E-state index in [0.29, 0.717) is 5.54 Å². The van der Waals surface area contributed by atoms with E-state index in [9.17, 15) is 0 Å². The van der Waals surface area contributed by atoms with Crippen LogP contribution in [0.4, 0.5) is 0 Å². The smallest absolute Gasteiger partial charge is 0.0252 e. The number of rotatable bonds is 3. The van der Waals surface area contributed by atoms with Gasteiger partial charge in [-0.15, -0.1) is 0 Å². The van der Waals surface area contributed by atoms with E-state index >= 15 is 0 Å². The fourth-order valence-electron chi connectivity index (χ4n) is 3.57. The standard InChI is InChI=1S/C15H30N2/c1-12(2)14-9-16-15(3,4)11-17(14)10-13-7-5-6-8-13/h12-14,16H,5-11H2,1-4H3. The number of hydrogen-bond donors (Lipinski definition) is 1. The van der Waals surface area contributed by atoms with E-state index < -0.39 is 0 Å². The molecular formula is C15H30N2. The van der Waals surface area contributed by atoms with Crippen molar-refractivity contribution in [2.45, 2.75) is 65.0 Å². The average Bonchev–Trinajstić information content (AvgIpc) is 2.68. The minimum Gasteiger partial charge on any atom is -0.309 e. The molecule has 0 amide bonds. The van der Waals surface area contributed by atoms with Gasteiger partial charge in [0.2, 0.25) is 0 Å². The lowest BCUT2D eigenvalue weighted by atomic mass is 9.91. The Morgan fingerprint density at radius 3 is 2.47 bits per heavy atom. The number of hydrogen-bond acceptors (Lipinski definition) is 2. The van der Waals surface area contributed by atoms with Crippen LogP contribution in [-0.4, -0.2) is 36.1 Å². The lowest BCUT2D eigenvalue weighted by Crippen LogP contribution is -2.63. The molecule has 100 valence electrons. The molecule has 2 fully saturated rings. The van der Waals surface area contributed by atoms with Crippen molar-refractivity contribution in [1.82, 2.24) is 10.2 Å². The summed E-state index contributed by atoms with van der Waals surface area (Å²) in [6.07, 6.45) is 5.86. The van der Waals surface area contributed by atoms with Crippen molar-refractivity contribution in [2.24, 2.45) is 11.8 Å². The van der Waals surface area contributed by atoms with Gasteiger partial charge < -0.3 is 5.32 Å². The molecule has 1 atom stereocenters. The molecule has 1 heterocycles. The Morgan fingerprint density at radius 1 is 1.24 bits per heavy atom. The number of nitrogens with zero attached hydrogens (tertiary/aromatic N) is 1. The molecule has 0 aromatic rings. The first-order valence-electron chi connectivity index (χ1n) is 7.47. The van der Waals surface area contributed by atoms with Crippen LogP contribution >= 0.6 is 0 Å². The second-order valence-corrected chi connectivity index (χ2v) is 7.16. The van der Waals surface area contributed by atoms with Crippen LogP contribution in [0.15, 0.2) is 0 Å². The van der Waals surface area contributed by atoms with Crippen molar-refractivity contribution in [3.63, 3.8) is 0 Å². The van der Waals surface area contributed by atoms with Gasteiger partial charge in [0.1, 0.15) is 0 Å². The second kappa shape index (κ2) is 5.27. The highest BCUT2D eigenvalue weighted by Gasteiger charge is 2.35. The highest BCUT2D eigenvalue weighted by Crippen LogP contribution is 2.29. The Kier molecular flexibility index (Phi) is 4.14. The third-order valence-electron chi connectivity index (χ3n) is 4.59. The van der Waals surface area contributed by atoms with E-state index in [0.717, 1.165) is 24.4 Å². The molecule has 1 unspecified atom stereocenters. The topological polar surface area (TPSA) is 15.3 Å². The highest BCUT2D eigenvalue weighted by molar-refractivity contribution is 4.94. The fourth-order valence-corrected chi connectivity index (χ4v) is 3.57. The highest BCUT2D eigenvalue weighted by atomic mass is 15.3. The van der Waals surface area contributed by atoms with E-state index in [2.05, 4.69) is 37.9 Å². The fraction of sp³-hybridized carbons (Fsp3) is 1.00. The van der Waals surface area contributed by atoms with Crippen molar-refractivity contribution in [3.05, 3.63) is 0 Å². The Balaban J connectivity index is 1.97. The Morgan fingerprint density at radius 2 is 1.88 bits per heavy atom. The molecule has 0 radical (unpaired) electrons. The largest absolute Gasteiger partial charge is 0.309 e. The molecule has 1 aliphatic carbocycles. The Labute approximate surface area is 107 Å². The van der Waals surface area contributed by atoms with Gasteiger partial charge in [0.15, 0.2) is 0 Å². The van der Waals surface area contributed by atoms with Gasteiger partial charge in [-0.2, -0.15) is 0 Å². The minimum atomic E-state index is 0.296. The summed E-state index contributed by atoms with van der Waals surface area (Å²) >= 11 is 0. The Hall–Kier alpha value is -0.0800. The molecule has 0 bridgehead atoms. The lowest BCUT2D eigenvalue weighted by molar-refractivity contribution is 0.0560. The van der Waals surface area contributed by atoms with Crippen LogP contribution in [0.1, 0.15) is 53.4 Å². The van der Waals surface area contributed by atoms with Gasteiger partial charge in [-0.1, -0.05) is 26.7 Å². The molecule has 1 saturated carbocycles. The summed E-state index contributed by atoms with van der Waals surface area (Å²) in [4.78, 5) is 2.77. The molecule has 2 heteroatoms. The zero-order valence-electron chi connectivity index (χ0n) is 12.1. The summed E-state index contributed by atoms with van der Waals surface area (Å²) in [5, 5.41) is 3.70. The summed E-state index contributed by atoms with van der Waals surface area (Å²) in [5.41, 5.74) is 0.296. The van der Waals surface area contributed by atoms with Crippen molar-refractivity contribution in [2.75, 3.05) is 19.6 Å². The summed E-state index contributed by atoms with van der Waals surface area (Å²) in [6.45, 7) is 13.1. The monoisotopic (exact) mass is 238 g/mol. The molecule has 17 heavy (non-hydrogen) atoms. The summed E-state index contributed by atoms with van der Waals surface area (Å²) < 4.78 is 0. The first kappa shape index (κ1) is 13.4. The van der Waals surface area contributed by atoms with Crippen LogP contribution in [0.25, 0.3) is 0 Å². The zero-order chi connectivity index (χ0) is 12.5. The maximum atomic E-state index is 3.70. The van der Waals surface area contributed by atoms with Crippen molar-refractivity contribution < 1.29 is 0 Å². The van der Waals surface area contributed by atoms with Crippen LogP contribution in [0.2, 0.25) is 0 Å². The lowest BCUT2D eigenvalue weighted by Gasteiger charge is -2.47. The quantitative estimate of drug-likeness (QED) is 0.813. The van der Waals surface area contributed by atoms with Crippen LogP contribution in [0.3, 0.4) is 0 Å². The molecule has 2 nitrogen and oxygen atoms in total. The average molecular weight is 238 g/mol. The summed E-state index contributed by atoms with van der Waals surface area (Å²) in [5.74, 6) is 1.74. The normalized spacial score (nSPS) is 31.2. The zero-order valence-corrected chi connectivity index (χ0v) is 12.1. The predicted molar refractivity (Wildman–Crippen MR) is 74.2 cm³/mol. The number of nitrogens with one attached hydrogen (secondary N) is 1. The molecule has 1 saturated heterocycles. The van der Waals surface area contributed by atoms with E-state index in [1.54, 1.807) is 0 Å². The van der Waals surface area contributed by atoms with Crippen molar-refractivity contribution >= 4 is 0 Å². The summed E-state index contributed by atoms with van der Waals surface area (Å²) in [6, 6.07) is 0.739. The van der Waals surface area contributed by atoms with E-state index in [1.165, 1.54) is 38.8 Å². The van der Waals surface area contributed by atoms with Gasteiger partial charge in [0, 0.05) is 31.2 Å². The Bertz CT molecular complexity index is 241. The molecule has 2 aliphatic rings. The van der Waals surface area contributed by atoms with Crippen LogP contribution in [-0.2, 0) is 0 Å². The second-order valence-electron chi connectivity index (χ2n) is 7.16. The third-order valence-corrected chi connectivity index (χ3v) is 4.59. The van der Waals surface area contributed by atoms with E-state index in [1.807, 2.05) is 0 Å². The van der Waals surface area contributed by atoms with Crippen LogP contribution < -0.4 is 5.32 Å². The van der Waals surface area contributed by atoms with Crippen LogP contribution in [0.5, 0.6) is 0 Å². The molecule has 1 N–H and O–H groups in total. The van der Waals surface area contributed by atoms with E-state index in [4.69, 9.17) is 0 Å². The first-order valence-corrected chi connectivity index (χ1v) is 7.47. The maximum absolute atomic E-state index is 3.70. The molecule has 0 aromatic carbocycles. The van der Waals surface area contributed by atoms with Crippen molar-refractivity contribution in [1.29, 1.82) is 0 Å². The third kappa shape index (κ3) is 3.45. The molecule has 0 aromatic heterocycles.